The number of carbonyl (C=O) groups excluding carboxylic acids is 1. The number of hydrogen-bond donors (Lipinski definition) is 1. The zero-order chi connectivity index (χ0) is 26.7. The molecule has 3 aromatic rings. The SMILES string of the molecule is CCC(CC)C(=O)/C=C(\O)C(CC)CC.CCCc1cccc2nc(-c3[c-]c(C)cc(C)c3)ccc12.[Ir]. The molecule has 0 unspecified atom stereocenters. The second kappa shape index (κ2) is 16.5. The minimum atomic E-state index is 0. The molecule has 0 saturated heterocycles. The quantitative estimate of drug-likeness (QED) is 0.132. The van der Waals surface area contributed by atoms with E-state index in [1.165, 1.54) is 22.6 Å². The van der Waals surface area contributed by atoms with E-state index in [1.54, 1.807) is 0 Å². The van der Waals surface area contributed by atoms with Crippen LogP contribution in [0.4, 0.5) is 0 Å². The van der Waals surface area contributed by atoms with E-state index in [9.17, 15) is 9.90 Å². The summed E-state index contributed by atoms with van der Waals surface area (Å²) in [7, 11) is 0. The molecule has 0 bridgehead atoms. The summed E-state index contributed by atoms with van der Waals surface area (Å²) in [5, 5.41) is 11.0. The number of aliphatic hydroxyl groups excluding tert-OH is 1. The third-order valence-electron chi connectivity index (χ3n) is 6.85. The van der Waals surface area contributed by atoms with Crippen molar-refractivity contribution in [2.45, 2.75) is 87.0 Å². The van der Waals surface area contributed by atoms with Crippen LogP contribution < -0.4 is 0 Å². The summed E-state index contributed by atoms with van der Waals surface area (Å²) >= 11 is 0. The molecule has 4 heteroatoms. The molecule has 1 radical (unpaired) electrons. The van der Waals surface area contributed by atoms with Crippen molar-refractivity contribution in [3.8, 4) is 11.3 Å². The van der Waals surface area contributed by atoms with E-state index >= 15 is 0 Å². The first-order valence-corrected chi connectivity index (χ1v) is 13.6. The molecule has 1 aromatic heterocycles. The molecule has 1 heterocycles. The number of pyridine rings is 1. The molecule has 0 fully saturated rings. The van der Waals surface area contributed by atoms with Gasteiger partial charge in [-0.1, -0.05) is 79.2 Å². The first kappa shape index (κ1) is 32.7. The van der Waals surface area contributed by atoms with Crippen molar-refractivity contribution in [2.75, 3.05) is 0 Å². The van der Waals surface area contributed by atoms with Crippen LogP contribution >= 0.6 is 0 Å². The molecule has 3 nitrogen and oxygen atoms in total. The molecule has 0 spiro atoms. The van der Waals surface area contributed by atoms with E-state index in [0.717, 1.165) is 60.9 Å². The number of benzene rings is 2. The Kier molecular flexibility index (Phi) is 14.6. The zero-order valence-corrected chi connectivity index (χ0v) is 26.0. The van der Waals surface area contributed by atoms with E-state index in [0.29, 0.717) is 0 Å². The number of rotatable bonds is 10. The predicted octanol–water partition coefficient (Wildman–Crippen LogP) is 9.14. The molecule has 3 rings (SSSR count). The van der Waals surface area contributed by atoms with Gasteiger partial charge in [-0.05, 0) is 49.4 Å². The molecule has 37 heavy (non-hydrogen) atoms. The molecular weight excluding hydrogens is 635 g/mol. The molecule has 2 aromatic carbocycles. The molecule has 0 amide bonds. The van der Waals surface area contributed by atoms with Gasteiger partial charge in [-0.2, -0.15) is 0 Å². The van der Waals surface area contributed by atoms with Crippen molar-refractivity contribution in [1.82, 2.24) is 4.98 Å². The van der Waals surface area contributed by atoms with Crippen LogP contribution in [-0.2, 0) is 31.3 Å². The van der Waals surface area contributed by atoms with Gasteiger partial charge in [0.15, 0.2) is 5.78 Å². The normalized spacial score (nSPS) is 11.3. The standard InChI is InChI=1S/C20H20N.C13H24O2.Ir/c1-4-6-16-7-5-8-20-18(16)9-10-19(21-20)17-12-14(2)11-15(3)13-17;1-5-10(6-2)12(14)9-13(15)11(7-3)8-4;/h5,7-12H,4,6H2,1-3H3;9-11,14H,5-8H2,1-4H3;/q-1;;/b;12-9-;. The minimum Gasteiger partial charge on any atom is -0.512 e. The van der Waals surface area contributed by atoms with Crippen LogP contribution in [0.3, 0.4) is 0 Å². The van der Waals surface area contributed by atoms with Gasteiger partial charge in [0.25, 0.3) is 0 Å². The Balaban J connectivity index is 0.000000384. The number of fused-ring (bicyclic) bond motifs is 1. The van der Waals surface area contributed by atoms with E-state index in [1.807, 2.05) is 27.7 Å². The summed E-state index contributed by atoms with van der Waals surface area (Å²) in [6, 6.07) is 18.4. The number of aliphatic hydroxyl groups is 1. The van der Waals surface area contributed by atoms with Crippen LogP contribution in [0.5, 0.6) is 0 Å². The van der Waals surface area contributed by atoms with Gasteiger partial charge in [-0.25, -0.2) is 0 Å². The Bertz CT molecular complexity index is 1140. The molecule has 203 valence electrons. The molecule has 0 aliphatic rings. The third-order valence-corrected chi connectivity index (χ3v) is 6.85. The predicted molar refractivity (Wildman–Crippen MR) is 153 cm³/mol. The number of aromatic nitrogens is 1. The van der Waals surface area contributed by atoms with E-state index < -0.39 is 0 Å². The molecule has 1 N–H and O–H groups in total. The largest absolute Gasteiger partial charge is 0.512 e. The number of allylic oxidation sites excluding steroid dienone is 2. The first-order valence-electron chi connectivity index (χ1n) is 13.6. The van der Waals surface area contributed by atoms with Gasteiger partial charge >= 0.3 is 0 Å². The molecule has 0 aliphatic carbocycles. The molecule has 0 saturated carbocycles. The van der Waals surface area contributed by atoms with Crippen LogP contribution in [-0.4, -0.2) is 15.9 Å². The van der Waals surface area contributed by atoms with Crippen LogP contribution in [0.1, 0.15) is 83.4 Å². The second-order valence-electron chi connectivity index (χ2n) is 9.68. The Morgan fingerprint density at radius 2 is 1.59 bits per heavy atom. The minimum absolute atomic E-state index is 0. The second-order valence-corrected chi connectivity index (χ2v) is 9.68. The summed E-state index contributed by atoms with van der Waals surface area (Å²) in [5.74, 6) is 0.547. The van der Waals surface area contributed by atoms with E-state index in [4.69, 9.17) is 4.98 Å². The maximum absolute atomic E-state index is 11.7. The monoisotopic (exact) mass is 679 g/mol. The molecule has 0 atom stereocenters. The van der Waals surface area contributed by atoms with Crippen molar-refractivity contribution in [3.05, 3.63) is 77.1 Å². The summed E-state index contributed by atoms with van der Waals surface area (Å²) in [6.07, 6.45) is 7.17. The zero-order valence-electron chi connectivity index (χ0n) is 23.7. The van der Waals surface area contributed by atoms with E-state index in [-0.39, 0.29) is 43.5 Å². The van der Waals surface area contributed by atoms with Gasteiger partial charge in [0, 0.05) is 43.4 Å². The first-order chi connectivity index (χ1) is 17.3. The van der Waals surface area contributed by atoms with Gasteiger partial charge in [0.05, 0.1) is 11.3 Å². The van der Waals surface area contributed by atoms with Crippen molar-refractivity contribution in [2.24, 2.45) is 11.8 Å². The van der Waals surface area contributed by atoms with Crippen LogP contribution in [0, 0.1) is 31.7 Å². The van der Waals surface area contributed by atoms with Gasteiger partial charge in [-0.15, -0.1) is 34.9 Å². The van der Waals surface area contributed by atoms with E-state index in [2.05, 4.69) is 69.3 Å². The number of hydrogen-bond acceptors (Lipinski definition) is 3. The Morgan fingerprint density at radius 1 is 0.946 bits per heavy atom. The van der Waals surface area contributed by atoms with Gasteiger partial charge in [-0.3, -0.25) is 9.78 Å². The fraction of sp³-hybridized carbons (Fsp3) is 0.455. The summed E-state index contributed by atoms with van der Waals surface area (Å²) in [6.45, 7) is 14.5. The number of carbonyl (C=O) groups is 1. The number of ketones is 1. The fourth-order valence-corrected chi connectivity index (χ4v) is 4.67. The maximum Gasteiger partial charge on any atom is 0.162 e. The average Bonchev–Trinajstić information content (AvgIpc) is 2.85. The summed E-state index contributed by atoms with van der Waals surface area (Å²) in [5.41, 5.74) is 6.96. The Hall–Kier alpha value is -2.29. The molecule has 0 aliphatic heterocycles. The fourth-order valence-electron chi connectivity index (χ4n) is 4.67. The topological polar surface area (TPSA) is 50.2 Å². The number of aryl methyl sites for hydroxylation is 3. The average molecular weight is 679 g/mol. The number of nitrogens with zero attached hydrogens (tertiary/aromatic N) is 1. The maximum atomic E-state index is 11.7. The van der Waals surface area contributed by atoms with Gasteiger partial charge in [0.1, 0.15) is 0 Å². The van der Waals surface area contributed by atoms with Crippen molar-refractivity contribution in [3.63, 3.8) is 0 Å². The van der Waals surface area contributed by atoms with Crippen molar-refractivity contribution < 1.29 is 30.0 Å². The van der Waals surface area contributed by atoms with Crippen molar-refractivity contribution in [1.29, 1.82) is 0 Å². The summed E-state index contributed by atoms with van der Waals surface area (Å²) < 4.78 is 0. The Morgan fingerprint density at radius 3 is 2.16 bits per heavy atom. The molecular formula is C33H44IrNO2-. The summed E-state index contributed by atoms with van der Waals surface area (Å²) in [4.78, 5) is 16.6. The third kappa shape index (κ3) is 9.51. The van der Waals surface area contributed by atoms with Gasteiger partial charge < -0.3 is 5.11 Å². The van der Waals surface area contributed by atoms with Crippen molar-refractivity contribution >= 4 is 16.7 Å². The van der Waals surface area contributed by atoms with Crippen LogP contribution in [0.25, 0.3) is 22.2 Å². The van der Waals surface area contributed by atoms with Gasteiger partial charge in [0.2, 0.25) is 0 Å². The smallest absolute Gasteiger partial charge is 0.162 e. The Labute approximate surface area is 238 Å². The van der Waals surface area contributed by atoms with Crippen LogP contribution in [0.15, 0.2) is 54.3 Å². The van der Waals surface area contributed by atoms with Crippen LogP contribution in [0.2, 0.25) is 0 Å².